The molecule has 2 aromatic rings. The Hall–Kier alpha value is -3.16. The first kappa shape index (κ1) is 15.7. The van der Waals surface area contributed by atoms with E-state index in [1.165, 1.54) is 12.1 Å². The fourth-order valence-corrected chi connectivity index (χ4v) is 2.47. The summed E-state index contributed by atoms with van der Waals surface area (Å²) in [5, 5.41) is 13.6. The number of hydrogen-bond acceptors (Lipinski definition) is 3. The van der Waals surface area contributed by atoms with Crippen LogP contribution in [0.1, 0.15) is 22.0 Å². The number of anilines is 1. The SMILES string of the molecule is O=C(O)NC1COc2c(C(=O)Nc3ccc(F)c(F)c3)cccc21. The van der Waals surface area contributed by atoms with Gasteiger partial charge in [-0.25, -0.2) is 13.6 Å². The van der Waals surface area contributed by atoms with E-state index in [0.717, 1.165) is 12.1 Å². The van der Waals surface area contributed by atoms with Gasteiger partial charge in [0.05, 0.1) is 11.6 Å². The molecule has 3 N–H and O–H groups in total. The van der Waals surface area contributed by atoms with Crippen molar-refractivity contribution in [1.29, 1.82) is 0 Å². The molecule has 2 amide bonds. The quantitative estimate of drug-likeness (QED) is 0.805. The summed E-state index contributed by atoms with van der Waals surface area (Å²) in [5.74, 6) is -2.40. The highest BCUT2D eigenvalue weighted by Crippen LogP contribution is 2.35. The highest BCUT2D eigenvalue weighted by atomic mass is 19.2. The van der Waals surface area contributed by atoms with Crippen molar-refractivity contribution in [2.75, 3.05) is 11.9 Å². The number of para-hydroxylation sites is 1. The second kappa shape index (κ2) is 6.15. The molecule has 2 aromatic carbocycles. The van der Waals surface area contributed by atoms with Crippen LogP contribution in [-0.4, -0.2) is 23.7 Å². The number of benzene rings is 2. The molecule has 1 unspecified atom stereocenters. The van der Waals surface area contributed by atoms with Crippen molar-refractivity contribution in [3.8, 4) is 5.75 Å². The molecular formula is C16H12F2N2O4. The molecule has 0 aromatic heterocycles. The summed E-state index contributed by atoms with van der Waals surface area (Å²) in [6.45, 7) is 0.0666. The lowest BCUT2D eigenvalue weighted by atomic mass is 10.0. The number of fused-ring (bicyclic) bond motifs is 1. The molecule has 0 bridgehead atoms. The van der Waals surface area contributed by atoms with Gasteiger partial charge in [0.1, 0.15) is 12.4 Å². The average Bonchev–Trinajstić information content (AvgIpc) is 2.93. The smallest absolute Gasteiger partial charge is 0.405 e. The van der Waals surface area contributed by atoms with Crippen LogP contribution in [0.3, 0.4) is 0 Å². The van der Waals surface area contributed by atoms with E-state index in [9.17, 15) is 18.4 Å². The Morgan fingerprint density at radius 2 is 1.96 bits per heavy atom. The molecule has 0 saturated heterocycles. The molecule has 24 heavy (non-hydrogen) atoms. The Morgan fingerprint density at radius 3 is 2.67 bits per heavy atom. The third-order valence-corrected chi connectivity index (χ3v) is 3.54. The second-order valence-corrected chi connectivity index (χ2v) is 5.12. The lowest BCUT2D eigenvalue weighted by Crippen LogP contribution is -2.27. The number of nitrogens with one attached hydrogen (secondary N) is 2. The zero-order valence-corrected chi connectivity index (χ0v) is 12.2. The summed E-state index contributed by atoms with van der Waals surface area (Å²) in [6, 6.07) is 7.16. The van der Waals surface area contributed by atoms with Gasteiger partial charge >= 0.3 is 6.09 Å². The minimum Gasteiger partial charge on any atom is -0.490 e. The number of carbonyl (C=O) groups excluding carboxylic acids is 1. The summed E-state index contributed by atoms with van der Waals surface area (Å²) in [4.78, 5) is 23.1. The van der Waals surface area contributed by atoms with Gasteiger partial charge in [-0.1, -0.05) is 12.1 Å². The lowest BCUT2D eigenvalue weighted by molar-refractivity contribution is 0.102. The molecule has 6 nitrogen and oxygen atoms in total. The van der Waals surface area contributed by atoms with Crippen LogP contribution >= 0.6 is 0 Å². The molecular weight excluding hydrogens is 322 g/mol. The first-order valence-corrected chi connectivity index (χ1v) is 6.97. The summed E-state index contributed by atoms with van der Waals surface area (Å²) in [6.07, 6.45) is -1.20. The Kier molecular flexibility index (Phi) is 4.03. The van der Waals surface area contributed by atoms with Crippen molar-refractivity contribution < 1.29 is 28.2 Å². The predicted octanol–water partition coefficient (Wildman–Crippen LogP) is 2.92. The normalized spacial score (nSPS) is 15.3. The maximum atomic E-state index is 13.2. The molecule has 3 rings (SSSR count). The Balaban J connectivity index is 1.85. The molecule has 0 spiro atoms. The first-order valence-electron chi connectivity index (χ1n) is 6.97. The number of carboxylic acid groups (broad SMARTS) is 1. The first-order chi connectivity index (χ1) is 11.5. The average molecular weight is 334 g/mol. The van der Waals surface area contributed by atoms with Gasteiger partial charge < -0.3 is 20.5 Å². The minimum absolute atomic E-state index is 0.0666. The van der Waals surface area contributed by atoms with E-state index >= 15 is 0 Å². The topological polar surface area (TPSA) is 87.7 Å². The van der Waals surface area contributed by atoms with Crippen molar-refractivity contribution in [2.24, 2.45) is 0 Å². The Bertz CT molecular complexity index is 826. The molecule has 1 aliphatic heterocycles. The lowest BCUT2D eigenvalue weighted by Gasteiger charge is -2.10. The van der Waals surface area contributed by atoms with Crippen molar-refractivity contribution in [3.05, 3.63) is 59.2 Å². The van der Waals surface area contributed by atoms with E-state index in [1.54, 1.807) is 12.1 Å². The number of halogens is 2. The van der Waals surface area contributed by atoms with E-state index in [1.807, 2.05) is 0 Å². The van der Waals surface area contributed by atoms with Crippen molar-refractivity contribution in [2.45, 2.75) is 6.04 Å². The Morgan fingerprint density at radius 1 is 1.17 bits per heavy atom. The predicted molar refractivity (Wildman–Crippen MR) is 80.1 cm³/mol. The second-order valence-electron chi connectivity index (χ2n) is 5.12. The van der Waals surface area contributed by atoms with Gasteiger partial charge in [0.25, 0.3) is 5.91 Å². The van der Waals surface area contributed by atoms with Gasteiger partial charge in [-0.3, -0.25) is 4.79 Å². The van der Waals surface area contributed by atoms with Crippen LogP contribution in [0.2, 0.25) is 0 Å². The summed E-state index contributed by atoms with van der Waals surface area (Å²) in [5.41, 5.74) is 0.803. The van der Waals surface area contributed by atoms with Crippen LogP contribution in [0, 0.1) is 11.6 Å². The van der Waals surface area contributed by atoms with Crippen LogP contribution in [-0.2, 0) is 0 Å². The standard InChI is InChI=1S/C16H12F2N2O4/c17-11-5-4-8(6-12(11)18)19-15(21)10-3-1-2-9-13(20-16(22)23)7-24-14(9)10/h1-6,13,20H,7H2,(H,19,21)(H,22,23). The van der Waals surface area contributed by atoms with Gasteiger partial charge in [-0.15, -0.1) is 0 Å². The highest BCUT2D eigenvalue weighted by Gasteiger charge is 2.29. The van der Waals surface area contributed by atoms with E-state index < -0.39 is 29.7 Å². The van der Waals surface area contributed by atoms with E-state index in [-0.39, 0.29) is 23.6 Å². The zero-order chi connectivity index (χ0) is 17.3. The van der Waals surface area contributed by atoms with Gasteiger partial charge in [-0.2, -0.15) is 0 Å². The van der Waals surface area contributed by atoms with E-state index in [4.69, 9.17) is 9.84 Å². The highest BCUT2D eigenvalue weighted by molar-refractivity contribution is 6.06. The number of hydrogen-bond donors (Lipinski definition) is 3. The number of amides is 2. The Labute approximate surface area is 135 Å². The van der Waals surface area contributed by atoms with Crippen LogP contribution in [0.25, 0.3) is 0 Å². The fraction of sp³-hybridized carbons (Fsp3) is 0.125. The van der Waals surface area contributed by atoms with Crippen molar-refractivity contribution in [3.63, 3.8) is 0 Å². The maximum Gasteiger partial charge on any atom is 0.405 e. The van der Waals surface area contributed by atoms with Crippen molar-refractivity contribution >= 4 is 17.7 Å². The van der Waals surface area contributed by atoms with Gasteiger partial charge in [0.2, 0.25) is 0 Å². The summed E-state index contributed by atoms with van der Waals surface area (Å²) in [7, 11) is 0. The fourth-order valence-electron chi connectivity index (χ4n) is 2.47. The van der Waals surface area contributed by atoms with Crippen LogP contribution < -0.4 is 15.4 Å². The van der Waals surface area contributed by atoms with Crippen LogP contribution in [0.4, 0.5) is 19.3 Å². The number of carbonyl (C=O) groups is 2. The molecule has 1 aliphatic rings. The molecule has 1 atom stereocenters. The van der Waals surface area contributed by atoms with Gasteiger partial charge in [0, 0.05) is 17.3 Å². The third kappa shape index (κ3) is 2.98. The number of rotatable bonds is 3. The van der Waals surface area contributed by atoms with Crippen molar-refractivity contribution in [1.82, 2.24) is 5.32 Å². The van der Waals surface area contributed by atoms with E-state index in [0.29, 0.717) is 5.56 Å². The van der Waals surface area contributed by atoms with Crippen LogP contribution in [0.5, 0.6) is 5.75 Å². The molecule has 0 saturated carbocycles. The molecule has 0 aliphatic carbocycles. The zero-order valence-electron chi connectivity index (χ0n) is 12.2. The summed E-state index contributed by atoms with van der Waals surface area (Å²) < 4.78 is 31.6. The monoisotopic (exact) mass is 334 g/mol. The molecule has 0 fully saturated rings. The molecule has 1 heterocycles. The molecule has 8 heteroatoms. The number of ether oxygens (including phenoxy) is 1. The van der Waals surface area contributed by atoms with Crippen LogP contribution in [0.15, 0.2) is 36.4 Å². The molecule has 124 valence electrons. The molecule has 0 radical (unpaired) electrons. The summed E-state index contributed by atoms with van der Waals surface area (Å²) >= 11 is 0. The van der Waals surface area contributed by atoms with Gasteiger partial charge in [0.15, 0.2) is 11.6 Å². The maximum absolute atomic E-state index is 13.2. The largest absolute Gasteiger partial charge is 0.490 e. The van der Waals surface area contributed by atoms with Gasteiger partial charge in [-0.05, 0) is 18.2 Å². The third-order valence-electron chi connectivity index (χ3n) is 3.54. The van der Waals surface area contributed by atoms with E-state index in [2.05, 4.69) is 10.6 Å². The minimum atomic E-state index is -1.20.